The lowest BCUT2D eigenvalue weighted by atomic mass is 10.0. The van der Waals surface area contributed by atoms with Crippen molar-refractivity contribution >= 4 is 40.1 Å². The van der Waals surface area contributed by atoms with Crippen LogP contribution in [-0.4, -0.2) is 25.1 Å². The molecule has 98 valence electrons. The Morgan fingerprint density at radius 3 is 2.74 bits per heavy atom. The van der Waals surface area contributed by atoms with Crippen LogP contribution in [0.15, 0.2) is 36.4 Å². The summed E-state index contributed by atoms with van der Waals surface area (Å²) in [6.45, 7) is 2.38. The number of anilines is 1. The summed E-state index contributed by atoms with van der Waals surface area (Å²) in [4.78, 5) is 13.0. The second-order valence-electron chi connectivity index (χ2n) is 4.10. The molecule has 19 heavy (non-hydrogen) atoms. The van der Waals surface area contributed by atoms with Gasteiger partial charge in [-0.15, -0.1) is 0 Å². The van der Waals surface area contributed by atoms with Crippen molar-refractivity contribution in [3.05, 3.63) is 42.0 Å². The molecule has 0 unspecified atom stereocenters. The molecule has 0 radical (unpaired) electrons. The fourth-order valence-corrected chi connectivity index (χ4v) is 2.26. The van der Waals surface area contributed by atoms with Crippen molar-refractivity contribution in [2.45, 2.75) is 6.92 Å². The molecule has 2 aromatic rings. The Kier molecular flexibility index (Phi) is 4.12. The maximum Gasteiger partial charge on any atom is 0.263 e. The summed E-state index contributed by atoms with van der Waals surface area (Å²) < 4.78 is 5.35. The Morgan fingerprint density at radius 2 is 2.05 bits per heavy atom. The van der Waals surface area contributed by atoms with Gasteiger partial charge in [0.1, 0.15) is 0 Å². The average Bonchev–Trinajstić information content (AvgIpc) is 2.45. The van der Waals surface area contributed by atoms with Gasteiger partial charge in [-0.3, -0.25) is 4.79 Å². The number of ether oxygens (including phenoxy) is 1. The van der Waals surface area contributed by atoms with Gasteiger partial charge >= 0.3 is 0 Å². The minimum Gasteiger partial charge on any atom is -0.471 e. The maximum atomic E-state index is 11.2. The second-order valence-corrected chi connectivity index (χ2v) is 4.45. The van der Waals surface area contributed by atoms with E-state index in [4.69, 9.17) is 17.0 Å². The van der Waals surface area contributed by atoms with Gasteiger partial charge in [0.2, 0.25) is 0 Å². The van der Waals surface area contributed by atoms with E-state index in [2.05, 4.69) is 0 Å². The smallest absolute Gasteiger partial charge is 0.263 e. The predicted octanol–water partition coefficient (Wildman–Crippen LogP) is 3.41. The summed E-state index contributed by atoms with van der Waals surface area (Å²) in [6.07, 6.45) is 0.840. The van der Waals surface area contributed by atoms with Crippen LogP contribution in [0.4, 0.5) is 5.69 Å². The van der Waals surface area contributed by atoms with Gasteiger partial charge in [0.25, 0.3) is 5.17 Å². The van der Waals surface area contributed by atoms with E-state index in [0.717, 1.165) is 22.7 Å². The van der Waals surface area contributed by atoms with Gasteiger partial charge in [-0.25, -0.2) is 0 Å². The first-order valence-corrected chi connectivity index (χ1v) is 6.47. The van der Waals surface area contributed by atoms with Gasteiger partial charge in [-0.2, -0.15) is 0 Å². The highest BCUT2D eigenvalue weighted by Crippen LogP contribution is 2.29. The van der Waals surface area contributed by atoms with Crippen molar-refractivity contribution in [1.82, 2.24) is 0 Å². The van der Waals surface area contributed by atoms with Crippen LogP contribution in [0.3, 0.4) is 0 Å². The van der Waals surface area contributed by atoms with E-state index in [1.165, 1.54) is 0 Å². The first-order chi connectivity index (χ1) is 9.19. The van der Waals surface area contributed by atoms with Crippen LogP contribution >= 0.6 is 12.2 Å². The van der Waals surface area contributed by atoms with E-state index in [1.54, 1.807) is 11.0 Å². The molecule has 0 atom stereocenters. The van der Waals surface area contributed by atoms with Gasteiger partial charge in [0.05, 0.1) is 12.3 Å². The number of fused-ring (bicyclic) bond motifs is 1. The van der Waals surface area contributed by atoms with E-state index in [-0.39, 0.29) is 0 Å². The Bertz CT molecular complexity index is 625. The zero-order valence-electron chi connectivity index (χ0n) is 10.9. The van der Waals surface area contributed by atoms with Crippen molar-refractivity contribution in [3.8, 4) is 0 Å². The molecule has 2 aromatic carbocycles. The molecule has 0 fully saturated rings. The zero-order chi connectivity index (χ0) is 13.8. The molecule has 0 aliphatic carbocycles. The number of benzene rings is 2. The van der Waals surface area contributed by atoms with Crippen LogP contribution in [0.25, 0.3) is 10.8 Å². The summed E-state index contributed by atoms with van der Waals surface area (Å²) >= 11 is 5.22. The predicted molar refractivity (Wildman–Crippen MR) is 82.0 cm³/mol. The Hall–Kier alpha value is -1.94. The number of nitrogens with zero attached hydrogens (tertiary/aromatic N) is 1. The molecule has 4 heteroatoms. The third-order valence-electron chi connectivity index (χ3n) is 2.94. The Morgan fingerprint density at radius 1 is 1.32 bits per heavy atom. The largest absolute Gasteiger partial charge is 0.471 e. The molecule has 0 spiro atoms. The number of carbonyl (C=O) groups is 1. The van der Waals surface area contributed by atoms with Crippen molar-refractivity contribution in [1.29, 1.82) is 0 Å². The normalized spacial score (nSPS) is 10.2. The second kappa shape index (κ2) is 5.80. The average molecular weight is 273 g/mol. The first kappa shape index (κ1) is 13.5. The standard InChI is InChI=1S/C15H15NO2S/c1-3-18-15(19)16(2)14-12(10-17)9-8-11-6-4-5-7-13(11)14/h4-10H,3H2,1-2H3. The minimum atomic E-state index is 0.363. The van der Waals surface area contributed by atoms with Gasteiger partial charge in [0, 0.05) is 18.0 Å². The molecule has 0 bridgehead atoms. The lowest BCUT2D eigenvalue weighted by molar-refractivity contribution is 0.112. The Balaban J connectivity index is 2.61. The Labute approximate surface area is 117 Å². The van der Waals surface area contributed by atoms with E-state index in [1.807, 2.05) is 44.3 Å². The van der Waals surface area contributed by atoms with Crippen LogP contribution in [0.2, 0.25) is 0 Å². The van der Waals surface area contributed by atoms with Crippen LogP contribution in [0.5, 0.6) is 0 Å². The van der Waals surface area contributed by atoms with E-state index >= 15 is 0 Å². The van der Waals surface area contributed by atoms with Gasteiger partial charge < -0.3 is 9.64 Å². The summed E-state index contributed by atoms with van der Waals surface area (Å²) in [6, 6.07) is 11.6. The van der Waals surface area contributed by atoms with Crippen molar-refractivity contribution in [3.63, 3.8) is 0 Å². The molecule has 0 aromatic heterocycles. The SMILES string of the molecule is CCOC(=S)N(C)c1c(C=O)ccc2ccccc12. The fourth-order valence-electron chi connectivity index (χ4n) is 2.05. The highest BCUT2D eigenvalue weighted by molar-refractivity contribution is 7.80. The van der Waals surface area contributed by atoms with Gasteiger partial charge in [-0.05, 0) is 30.6 Å². The highest BCUT2D eigenvalue weighted by atomic mass is 32.1. The van der Waals surface area contributed by atoms with Gasteiger partial charge in [0.15, 0.2) is 6.29 Å². The molecule has 0 saturated carbocycles. The third kappa shape index (κ3) is 2.58. The quantitative estimate of drug-likeness (QED) is 0.633. The number of hydrogen-bond acceptors (Lipinski definition) is 3. The first-order valence-electron chi connectivity index (χ1n) is 6.06. The number of hydrogen-bond donors (Lipinski definition) is 0. The van der Waals surface area contributed by atoms with Crippen molar-refractivity contribution in [2.75, 3.05) is 18.6 Å². The van der Waals surface area contributed by atoms with Crippen LogP contribution < -0.4 is 4.90 Å². The molecule has 0 saturated heterocycles. The third-order valence-corrected chi connectivity index (χ3v) is 3.33. The summed E-state index contributed by atoms with van der Waals surface area (Å²) in [5.74, 6) is 0. The zero-order valence-corrected chi connectivity index (χ0v) is 11.7. The molecule has 0 N–H and O–H groups in total. The van der Waals surface area contributed by atoms with Crippen molar-refractivity contribution in [2.24, 2.45) is 0 Å². The fraction of sp³-hybridized carbons (Fsp3) is 0.200. The lowest BCUT2D eigenvalue weighted by Gasteiger charge is -2.22. The number of carbonyl (C=O) groups excluding carboxylic acids is 1. The molecular weight excluding hydrogens is 258 g/mol. The summed E-state index contributed by atoms with van der Waals surface area (Å²) in [5, 5.41) is 2.41. The monoisotopic (exact) mass is 273 g/mol. The number of thiocarbonyl (C=S) groups is 1. The molecular formula is C15H15NO2S. The molecule has 0 aliphatic rings. The molecule has 2 rings (SSSR count). The molecule has 0 aliphatic heterocycles. The van der Waals surface area contributed by atoms with Gasteiger partial charge in [-0.1, -0.05) is 30.3 Å². The molecule has 3 nitrogen and oxygen atoms in total. The highest BCUT2D eigenvalue weighted by Gasteiger charge is 2.15. The summed E-state index contributed by atoms with van der Waals surface area (Å²) in [7, 11) is 1.81. The molecule has 0 amide bonds. The summed E-state index contributed by atoms with van der Waals surface area (Å²) in [5.41, 5.74) is 1.38. The van der Waals surface area contributed by atoms with Crippen LogP contribution in [-0.2, 0) is 4.74 Å². The van der Waals surface area contributed by atoms with E-state index in [9.17, 15) is 4.79 Å². The van der Waals surface area contributed by atoms with Crippen LogP contribution in [0.1, 0.15) is 17.3 Å². The minimum absolute atomic E-state index is 0.363. The number of rotatable bonds is 3. The topological polar surface area (TPSA) is 29.5 Å². The maximum absolute atomic E-state index is 11.2. The van der Waals surface area contributed by atoms with Crippen molar-refractivity contribution < 1.29 is 9.53 Å². The molecule has 0 heterocycles. The number of aldehydes is 1. The van der Waals surface area contributed by atoms with E-state index < -0.39 is 0 Å². The van der Waals surface area contributed by atoms with E-state index in [0.29, 0.717) is 17.3 Å². The lowest BCUT2D eigenvalue weighted by Crippen LogP contribution is -2.27. The van der Waals surface area contributed by atoms with Crippen LogP contribution in [0, 0.1) is 0 Å².